The van der Waals surface area contributed by atoms with Gasteiger partial charge in [-0.2, -0.15) is 0 Å². The summed E-state index contributed by atoms with van der Waals surface area (Å²) in [6.45, 7) is 1.90. The molecule has 1 aliphatic heterocycles. The van der Waals surface area contributed by atoms with Crippen LogP contribution < -0.4 is 20.3 Å². The number of imide groups is 1. The average molecular weight is 582 g/mol. The van der Waals surface area contributed by atoms with Crippen LogP contribution >= 0.6 is 11.8 Å². The van der Waals surface area contributed by atoms with Gasteiger partial charge >= 0.3 is 0 Å². The molecule has 0 bridgehead atoms. The Hall–Kier alpha value is -4.89. The zero-order valence-corrected chi connectivity index (χ0v) is 23.8. The van der Waals surface area contributed by atoms with Crippen LogP contribution in [0.3, 0.4) is 0 Å². The van der Waals surface area contributed by atoms with E-state index in [9.17, 15) is 18.8 Å². The van der Waals surface area contributed by atoms with Gasteiger partial charge in [-0.25, -0.2) is 9.29 Å². The normalized spacial score (nSPS) is 13.0. The Morgan fingerprint density at radius 1 is 0.905 bits per heavy atom. The van der Waals surface area contributed by atoms with Crippen molar-refractivity contribution in [1.82, 2.24) is 0 Å². The van der Waals surface area contributed by atoms with Gasteiger partial charge in [-0.1, -0.05) is 54.2 Å². The van der Waals surface area contributed by atoms with E-state index in [1.165, 1.54) is 31.4 Å². The maximum atomic E-state index is 13.7. The molecule has 1 heterocycles. The zero-order valence-electron chi connectivity index (χ0n) is 23.0. The lowest BCUT2D eigenvalue weighted by Gasteiger charge is -2.16. The van der Waals surface area contributed by atoms with Crippen LogP contribution in [-0.4, -0.2) is 24.8 Å². The predicted molar refractivity (Wildman–Crippen MR) is 163 cm³/mol. The van der Waals surface area contributed by atoms with Gasteiger partial charge in [0.2, 0.25) is 5.91 Å². The number of ether oxygens (including phenoxy) is 1. The molecule has 0 aromatic heterocycles. The number of amides is 3. The smallest absolute Gasteiger partial charge is 0.283 e. The number of carbonyl (C=O) groups excluding carboxylic acids is 3. The third-order valence-corrected chi connectivity index (χ3v) is 7.63. The molecule has 0 saturated heterocycles. The molecule has 9 heteroatoms. The minimum Gasteiger partial charge on any atom is -0.495 e. The number of benzene rings is 4. The van der Waals surface area contributed by atoms with Gasteiger partial charge in [-0.15, -0.1) is 0 Å². The molecule has 0 saturated carbocycles. The van der Waals surface area contributed by atoms with Gasteiger partial charge in [-0.05, 0) is 79.1 Å². The predicted octanol–water partition coefficient (Wildman–Crippen LogP) is 6.70. The highest BCUT2D eigenvalue weighted by Crippen LogP contribution is 2.39. The maximum Gasteiger partial charge on any atom is 0.283 e. The molecule has 4 aromatic carbocycles. The summed E-state index contributed by atoms with van der Waals surface area (Å²) in [6, 6.07) is 27.5. The van der Waals surface area contributed by atoms with Gasteiger partial charge in [0, 0.05) is 17.0 Å². The first-order chi connectivity index (χ1) is 20.3. The molecule has 4 aromatic rings. The van der Waals surface area contributed by atoms with Gasteiger partial charge < -0.3 is 15.4 Å². The topological polar surface area (TPSA) is 87.7 Å². The monoisotopic (exact) mass is 581 g/mol. The highest BCUT2D eigenvalue weighted by atomic mass is 32.2. The van der Waals surface area contributed by atoms with Crippen molar-refractivity contribution in [3.8, 4) is 5.75 Å². The van der Waals surface area contributed by atoms with Crippen LogP contribution in [-0.2, 0) is 20.8 Å². The average Bonchev–Trinajstić information content (AvgIpc) is 3.21. The first kappa shape index (κ1) is 28.6. The Morgan fingerprint density at radius 3 is 2.40 bits per heavy atom. The molecular formula is C33H28FN3O4S. The maximum absolute atomic E-state index is 13.7. The molecule has 212 valence electrons. The van der Waals surface area contributed by atoms with Gasteiger partial charge in [0.15, 0.2) is 0 Å². The molecule has 42 heavy (non-hydrogen) atoms. The van der Waals surface area contributed by atoms with Gasteiger partial charge in [-0.3, -0.25) is 14.4 Å². The molecule has 2 N–H and O–H groups in total. The lowest BCUT2D eigenvalue weighted by atomic mass is 10.1. The minimum absolute atomic E-state index is 0.0653. The number of nitrogens with one attached hydrogen (secondary N) is 2. The summed E-state index contributed by atoms with van der Waals surface area (Å²) < 4.78 is 19.1. The molecule has 5 rings (SSSR count). The molecular weight excluding hydrogens is 553 g/mol. The lowest BCUT2D eigenvalue weighted by molar-refractivity contribution is -0.120. The second-order valence-electron chi connectivity index (χ2n) is 9.62. The first-order valence-corrected chi connectivity index (χ1v) is 14.1. The quantitative estimate of drug-likeness (QED) is 0.203. The number of carbonyl (C=O) groups is 3. The largest absolute Gasteiger partial charge is 0.495 e. The second kappa shape index (κ2) is 12.7. The van der Waals surface area contributed by atoms with Crippen LogP contribution in [0.2, 0.25) is 0 Å². The Kier molecular flexibility index (Phi) is 8.68. The molecule has 0 unspecified atom stereocenters. The highest BCUT2D eigenvalue weighted by Gasteiger charge is 2.40. The van der Waals surface area contributed by atoms with Crippen molar-refractivity contribution in [2.24, 2.45) is 0 Å². The molecule has 0 spiro atoms. The van der Waals surface area contributed by atoms with Crippen molar-refractivity contribution in [3.63, 3.8) is 0 Å². The Balaban J connectivity index is 1.42. The Labute approximate surface area is 247 Å². The number of anilines is 3. The molecule has 3 amide bonds. The van der Waals surface area contributed by atoms with Crippen LogP contribution in [0.4, 0.5) is 21.5 Å². The van der Waals surface area contributed by atoms with Gasteiger partial charge in [0.05, 0.1) is 18.5 Å². The molecule has 0 fully saturated rings. The van der Waals surface area contributed by atoms with Crippen molar-refractivity contribution < 1.29 is 23.5 Å². The number of hydrogen-bond acceptors (Lipinski definition) is 6. The fourth-order valence-electron chi connectivity index (χ4n) is 4.47. The zero-order chi connectivity index (χ0) is 29.6. The van der Waals surface area contributed by atoms with Crippen LogP contribution in [0.5, 0.6) is 5.75 Å². The van der Waals surface area contributed by atoms with E-state index in [0.29, 0.717) is 34.9 Å². The Morgan fingerprint density at radius 2 is 1.67 bits per heavy atom. The van der Waals surface area contributed by atoms with E-state index in [1.54, 1.807) is 30.3 Å². The van der Waals surface area contributed by atoms with Gasteiger partial charge in [0.1, 0.15) is 22.2 Å². The summed E-state index contributed by atoms with van der Waals surface area (Å²) in [5.74, 6) is -1.25. The third-order valence-electron chi connectivity index (χ3n) is 6.56. The van der Waals surface area contributed by atoms with Gasteiger partial charge in [0.25, 0.3) is 11.8 Å². The summed E-state index contributed by atoms with van der Waals surface area (Å²) in [6.07, 6.45) is 0.930. The summed E-state index contributed by atoms with van der Waals surface area (Å²) in [5.41, 5.74) is 3.40. The number of thioether (sulfide) groups is 1. The van der Waals surface area contributed by atoms with E-state index in [0.717, 1.165) is 27.8 Å². The summed E-state index contributed by atoms with van der Waals surface area (Å²) in [7, 11) is 1.52. The summed E-state index contributed by atoms with van der Waals surface area (Å²) >= 11 is 1.10. The SMILES string of the molecule is COc1ccc(C)cc1NC1=C(Sc2cccc(NC(=O)CCc3ccccc3)c2)C(=O)N(c2ccc(F)cc2)C1=O. The number of methoxy groups -OCH3 is 1. The van der Waals surface area contributed by atoms with Crippen LogP contribution in [0.25, 0.3) is 0 Å². The van der Waals surface area contributed by atoms with Crippen LogP contribution in [0.15, 0.2) is 113 Å². The Bertz CT molecular complexity index is 1670. The van der Waals surface area contributed by atoms with Crippen molar-refractivity contribution in [2.45, 2.75) is 24.7 Å². The van der Waals surface area contributed by atoms with Crippen molar-refractivity contribution in [2.75, 3.05) is 22.6 Å². The van der Waals surface area contributed by atoms with Crippen molar-refractivity contribution in [1.29, 1.82) is 0 Å². The fraction of sp³-hybridized carbons (Fsp3) is 0.121. The lowest BCUT2D eigenvalue weighted by Crippen LogP contribution is -2.32. The van der Waals surface area contributed by atoms with Crippen molar-refractivity contribution >= 4 is 46.5 Å². The number of halogens is 1. The number of aryl methyl sites for hydroxylation is 2. The molecule has 0 aliphatic carbocycles. The molecule has 1 aliphatic rings. The van der Waals surface area contributed by atoms with Crippen LogP contribution in [0, 0.1) is 12.7 Å². The highest BCUT2D eigenvalue weighted by molar-refractivity contribution is 8.04. The number of hydrogen-bond donors (Lipinski definition) is 2. The second-order valence-corrected chi connectivity index (χ2v) is 10.7. The number of rotatable bonds is 10. The molecule has 7 nitrogen and oxygen atoms in total. The summed E-state index contributed by atoms with van der Waals surface area (Å²) in [5, 5.41) is 6.03. The van der Waals surface area contributed by atoms with E-state index in [2.05, 4.69) is 10.6 Å². The van der Waals surface area contributed by atoms with E-state index in [-0.39, 0.29) is 22.2 Å². The van der Waals surface area contributed by atoms with E-state index < -0.39 is 17.6 Å². The van der Waals surface area contributed by atoms with Crippen molar-refractivity contribution in [3.05, 3.63) is 125 Å². The first-order valence-electron chi connectivity index (χ1n) is 13.2. The minimum atomic E-state index is -0.581. The number of nitrogens with zero attached hydrogens (tertiary/aromatic N) is 1. The fourth-order valence-corrected chi connectivity index (χ4v) is 5.46. The van der Waals surface area contributed by atoms with E-state index in [1.807, 2.05) is 49.4 Å². The van der Waals surface area contributed by atoms with Crippen LogP contribution in [0.1, 0.15) is 17.5 Å². The van der Waals surface area contributed by atoms with E-state index in [4.69, 9.17) is 4.74 Å². The van der Waals surface area contributed by atoms with E-state index >= 15 is 0 Å². The molecule has 0 radical (unpaired) electrons. The standard InChI is InChI=1S/C33H28FN3O4S/c1-21-11-17-28(41-2)27(19-21)36-30-31(33(40)37(32(30)39)25-15-13-23(34)14-16-25)42-26-10-6-9-24(20-26)35-29(38)18-12-22-7-4-3-5-8-22/h3-11,13-17,19-20,36H,12,18H2,1-2H3,(H,35,38). The third kappa shape index (κ3) is 6.53. The molecule has 0 atom stereocenters. The summed E-state index contributed by atoms with van der Waals surface area (Å²) in [4.78, 5) is 41.8.